The summed E-state index contributed by atoms with van der Waals surface area (Å²) in [7, 11) is 1.33. The van der Waals surface area contributed by atoms with Crippen molar-refractivity contribution in [2.45, 2.75) is 19.4 Å². The molecule has 3 heteroatoms. The molecule has 0 saturated heterocycles. The Balaban J connectivity index is 2.90. The third kappa shape index (κ3) is 3.71. The zero-order valence-corrected chi connectivity index (χ0v) is 10.2. The summed E-state index contributed by atoms with van der Waals surface area (Å²) in [6.07, 6.45) is 3.50. The molecule has 0 amide bonds. The van der Waals surface area contributed by atoms with Gasteiger partial charge in [-0.1, -0.05) is 49.4 Å². The average molecular weight is 234 g/mol. The maximum atomic E-state index is 11.6. The lowest BCUT2D eigenvalue weighted by Crippen LogP contribution is -2.21. The Morgan fingerprint density at radius 2 is 2.06 bits per heavy atom. The maximum absolute atomic E-state index is 11.6. The zero-order valence-electron chi connectivity index (χ0n) is 10.2. The first kappa shape index (κ1) is 13.5. The fourth-order valence-corrected chi connectivity index (χ4v) is 1.59. The number of rotatable bonds is 5. The van der Waals surface area contributed by atoms with Crippen LogP contribution in [0.15, 0.2) is 42.5 Å². The number of benzene rings is 1. The van der Waals surface area contributed by atoms with E-state index in [-0.39, 0.29) is 0 Å². The van der Waals surface area contributed by atoms with Crippen molar-refractivity contribution >= 4 is 5.97 Å². The minimum absolute atomic E-state index is 0.425. The minimum atomic E-state index is -0.869. The molecule has 0 aliphatic rings. The molecule has 0 spiro atoms. The number of ether oxygens (including phenoxy) is 1. The summed E-state index contributed by atoms with van der Waals surface area (Å²) < 4.78 is 4.70. The molecule has 0 aliphatic heterocycles. The maximum Gasteiger partial charge on any atom is 0.315 e. The SMILES string of the molecule is CC/C=C\[C@@H](C(=O)OC)[C@@H](O)c1ccccc1. The molecule has 1 aromatic carbocycles. The second kappa shape index (κ2) is 6.86. The number of aliphatic hydroxyl groups excluding tert-OH is 1. The van der Waals surface area contributed by atoms with Gasteiger partial charge in [0.05, 0.1) is 13.2 Å². The Labute approximate surface area is 102 Å². The van der Waals surface area contributed by atoms with E-state index in [0.29, 0.717) is 5.56 Å². The van der Waals surface area contributed by atoms with E-state index < -0.39 is 18.0 Å². The van der Waals surface area contributed by atoms with Gasteiger partial charge < -0.3 is 9.84 Å². The van der Waals surface area contributed by atoms with Crippen LogP contribution < -0.4 is 0 Å². The van der Waals surface area contributed by atoms with Crippen LogP contribution in [0, 0.1) is 5.92 Å². The number of allylic oxidation sites excluding steroid dienone is 1. The summed E-state index contributed by atoms with van der Waals surface area (Å²) in [6, 6.07) is 9.11. The number of carbonyl (C=O) groups excluding carboxylic acids is 1. The van der Waals surface area contributed by atoms with Crippen molar-refractivity contribution in [2.75, 3.05) is 7.11 Å². The third-order valence-corrected chi connectivity index (χ3v) is 2.53. The van der Waals surface area contributed by atoms with Crippen LogP contribution in [0.5, 0.6) is 0 Å². The largest absolute Gasteiger partial charge is 0.468 e. The molecule has 0 radical (unpaired) electrons. The summed E-state index contributed by atoms with van der Waals surface area (Å²) >= 11 is 0. The van der Waals surface area contributed by atoms with Crippen molar-refractivity contribution in [3.63, 3.8) is 0 Å². The predicted molar refractivity (Wildman–Crippen MR) is 66.3 cm³/mol. The van der Waals surface area contributed by atoms with Gasteiger partial charge in [0.1, 0.15) is 5.92 Å². The van der Waals surface area contributed by atoms with E-state index >= 15 is 0 Å². The highest BCUT2D eigenvalue weighted by Crippen LogP contribution is 2.24. The van der Waals surface area contributed by atoms with Crippen LogP contribution in [-0.4, -0.2) is 18.2 Å². The molecule has 0 aliphatic carbocycles. The Kier molecular flexibility index (Phi) is 5.43. The summed E-state index contributed by atoms with van der Waals surface area (Å²) in [5, 5.41) is 10.2. The van der Waals surface area contributed by atoms with Crippen LogP contribution in [-0.2, 0) is 9.53 Å². The van der Waals surface area contributed by atoms with Gasteiger partial charge in [-0.3, -0.25) is 4.79 Å². The third-order valence-electron chi connectivity index (χ3n) is 2.53. The summed E-state index contributed by atoms with van der Waals surface area (Å²) in [4.78, 5) is 11.6. The molecule has 0 heterocycles. The van der Waals surface area contributed by atoms with Gasteiger partial charge in [0.2, 0.25) is 0 Å². The molecule has 3 nitrogen and oxygen atoms in total. The van der Waals surface area contributed by atoms with Crippen LogP contribution in [0.2, 0.25) is 0 Å². The first-order valence-corrected chi connectivity index (χ1v) is 5.68. The highest BCUT2D eigenvalue weighted by Gasteiger charge is 2.26. The first-order chi connectivity index (χ1) is 8.20. The fraction of sp³-hybridized carbons (Fsp3) is 0.357. The van der Waals surface area contributed by atoms with Gasteiger partial charge in [0, 0.05) is 0 Å². The topological polar surface area (TPSA) is 46.5 Å². The molecule has 17 heavy (non-hydrogen) atoms. The summed E-state index contributed by atoms with van der Waals surface area (Å²) in [5.74, 6) is -1.08. The molecular formula is C14H18O3. The standard InChI is InChI=1S/C14H18O3/c1-3-4-10-12(14(16)17-2)13(15)11-8-6-5-7-9-11/h4-10,12-13,15H,3H2,1-2H3/b10-4-/t12-,13+/m1/s1. The molecular weight excluding hydrogens is 216 g/mol. The second-order valence-electron chi connectivity index (χ2n) is 3.74. The molecule has 92 valence electrons. The lowest BCUT2D eigenvalue weighted by atomic mass is 9.95. The Morgan fingerprint density at radius 3 is 2.59 bits per heavy atom. The van der Waals surface area contributed by atoms with E-state index in [1.165, 1.54) is 7.11 Å². The van der Waals surface area contributed by atoms with Gasteiger partial charge in [-0.2, -0.15) is 0 Å². The molecule has 1 aromatic rings. The van der Waals surface area contributed by atoms with Crippen molar-refractivity contribution < 1.29 is 14.6 Å². The Morgan fingerprint density at radius 1 is 1.41 bits per heavy atom. The van der Waals surface area contributed by atoms with Crippen molar-refractivity contribution in [3.05, 3.63) is 48.0 Å². The number of carbonyl (C=O) groups is 1. The number of aliphatic hydroxyl groups is 1. The molecule has 1 N–H and O–H groups in total. The van der Waals surface area contributed by atoms with E-state index in [0.717, 1.165) is 6.42 Å². The quantitative estimate of drug-likeness (QED) is 0.629. The van der Waals surface area contributed by atoms with Gasteiger partial charge in [-0.05, 0) is 12.0 Å². The van der Waals surface area contributed by atoms with E-state index in [1.54, 1.807) is 18.2 Å². The molecule has 0 unspecified atom stereocenters. The van der Waals surface area contributed by atoms with Gasteiger partial charge in [-0.25, -0.2) is 0 Å². The van der Waals surface area contributed by atoms with Crippen LogP contribution in [0.4, 0.5) is 0 Å². The normalized spacial score (nSPS) is 14.5. The van der Waals surface area contributed by atoms with Crippen LogP contribution in [0.25, 0.3) is 0 Å². The second-order valence-corrected chi connectivity index (χ2v) is 3.74. The monoisotopic (exact) mass is 234 g/mol. The van der Waals surface area contributed by atoms with Gasteiger partial charge in [-0.15, -0.1) is 0 Å². The van der Waals surface area contributed by atoms with Crippen molar-refractivity contribution in [1.29, 1.82) is 0 Å². The fourth-order valence-electron chi connectivity index (χ4n) is 1.59. The number of hydrogen-bond acceptors (Lipinski definition) is 3. The molecule has 1 rings (SSSR count). The predicted octanol–water partition coefficient (Wildman–Crippen LogP) is 2.48. The Hall–Kier alpha value is -1.61. The van der Waals surface area contributed by atoms with Gasteiger partial charge >= 0.3 is 5.97 Å². The van der Waals surface area contributed by atoms with Crippen LogP contribution >= 0.6 is 0 Å². The number of esters is 1. The first-order valence-electron chi connectivity index (χ1n) is 5.68. The smallest absolute Gasteiger partial charge is 0.315 e. The van der Waals surface area contributed by atoms with Crippen LogP contribution in [0.1, 0.15) is 25.0 Å². The van der Waals surface area contributed by atoms with E-state index in [2.05, 4.69) is 0 Å². The lowest BCUT2D eigenvalue weighted by molar-refractivity contribution is -0.147. The average Bonchev–Trinajstić information content (AvgIpc) is 2.39. The minimum Gasteiger partial charge on any atom is -0.468 e. The molecule has 0 bridgehead atoms. The lowest BCUT2D eigenvalue weighted by Gasteiger charge is -2.18. The molecule has 0 aromatic heterocycles. The molecule has 2 atom stereocenters. The van der Waals surface area contributed by atoms with E-state index in [9.17, 15) is 9.90 Å². The zero-order chi connectivity index (χ0) is 12.7. The van der Waals surface area contributed by atoms with Crippen LogP contribution in [0.3, 0.4) is 0 Å². The van der Waals surface area contributed by atoms with E-state index in [1.807, 2.05) is 31.2 Å². The van der Waals surface area contributed by atoms with Gasteiger partial charge in [0.15, 0.2) is 0 Å². The van der Waals surface area contributed by atoms with Crippen molar-refractivity contribution in [2.24, 2.45) is 5.92 Å². The number of hydrogen-bond donors (Lipinski definition) is 1. The van der Waals surface area contributed by atoms with E-state index in [4.69, 9.17) is 4.74 Å². The number of methoxy groups -OCH3 is 1. The Bertz CT molecular complexity index is 370. The summed E-state index contributed by atoms with van der Waals surface area (Å²) in [5.41, 5.74) is 0.712. The van der Waals surface area contributed by atoms with Gasteiger partial charge in [0.25, 0.3) is 0 Å². The molecule has 0 saturated carbocycles. The summed E-state index contributed by atoms with van der Waals surface area (Å²) in [6.45, 7) is 1.97. The van der Waals surface area contributed by atoms with Crippen molar-refractivity contribution in [3.8, 4) is 0 Å². The highest BCUT2D eigenvalue weighted by atomic mass is 16.5. The molecule has 0 fully saturated rings. The van der Waals surface area contributed by atoms with Crippen molar-refractivity contribution in [1.82, 2.24) is 0 Å². The highest BCUT2D eigenvalue weighted by molar-refractivity contribution is 5.75.